The molecule has 21 heavy (non-hydrogen) atoms. The van der Waals surface area contributed by atoms with Gasteiger partial charge in [0.05, 0.1) is 23.7 Å². The fourth-order valence-corrected chi connectivity index (χ4v) is 4.15. The zero-order valence-electron chi connectivity index (χ0n) is 12.5. The summed E-state index contributed by atoms with van der Waals surface area (Å²) in [6.07, 6.45) is 0.502. The minimum absolute atomic E-state index is 0.0479. The molecule has 1 aliphatic rings. The monoisotopic (exact) mass is 315 g/mol. The van der Waals surface area contributed by atoms with Crippen molar-refractivity contribution in [2.75, 3.05) is 25.1 Å². The highest BCUT2D eigenvalue weighted by Gasteiger charge is 2.29. The third kappa shape index (κ3) is 4.28. The molecule has 1 aliphatic heterocycles. The highest BCUT2D eigenvalue weighted by Crippen LogP contribution is 2.14. The van der Waals surface area contributed by atoms with Crippen molar-refractivity contribution < 1.29 is 17.7 Å². The number of carbonyl (C=O) groups is 1. The molecule has 0 aromatic carbocycles. The maximum atomic E-state index is 11.9. The number of likely N-dealkylation sites (N-methyl/N-ethyl adjacent to an activating group) is 1. The van der Waals surface area contributed by atoms with Crippen molar-refractivity contribution in [3.05, 3.63) is 17.0 Å². The van der Waals surface area contributed by atoms with E-state index in [1.54, 1.807) is 0 Å². The van der Waals surface area contributed by atoms with Crippen LogP contribution < -0.4 is 5.32 Å². The van der Waals surface area contributed by atoms with Crippen molar-refractivity contribution in [3.8, 4) is 0 Å². The van der Waals surface area contributed by atoms with E-state index in [1.807, 2.05) is 25.8 Å². The number of nitrogens with zero attached hydrogens (tertiary/aromatic N) is 2. The molecule has 1 unspecified atom stereocenters. The van der Waals surface area contributed by atoms with Crippen LogP contribution in [-0.4, -0.2) is 55.5 Å². The van der Waals surface area contributed by atoms with Crippen LogP contribution in [0.1, 0.15) is 23.4 Å². The molecule has 1 N–H and O–H groups in total. The normalized spacial score (nSPS) is 20.9. The second kappa shape index (κ2) is 6.15. The molecule has 1 amide bonds. The summed E-state index contributed by atoms with van der Waals surface area (Å²) in [5, 5.41) is 6.65. The molecule has 0 aliphatic carbocycles. The second-order valence-corrected chi connectivity index (χ2v) is 7.87. The second-order valence-electron chi connectivity index (χ2n) is 5.64. The van der Waals surface area contributed by atoms with Crippen LogP contribution in [0, 0.1) is 13.8 Å². The Bertz CT molecular complexity index is 604. The summed E-state index contributed by atoms with van der Waals surface area (Å²) < 4.78 is 27.8. The fourth-order valence-electron chi connectivity index (χ4n) is 2.48. The molecule has 118 valence electrons. The van der Waals surface area contributed by atoms with E-state index in [2.05, 4.69) is 10.5 Å². The molecule has 2 heterocycles. The Morgan fingerprint density at radius 2 is 2.19 bits per heavy atom. The first-order chi connectivity index (χ1) is 9.77. The quantitative estimate of drug-likeness (QED) is 0.824. The minimum Gasteiger partial charge on any atom is -0.361 e. The van der Waals surface area contributed by atoms with Gasteiger partial charge in [-0.15, -0.1) is 0 Å². The predicted molar refractivity (Wildman–Crippen MR) is 77.5 cm³/mol. The van der Waals surface area contributed by atoms with Gasteiger partial charge in [-0.3, -0.25) is 9.69 Å². The predicted octanol–water partition coefficient (Wildman–Crippen LogP) is 0.0265. The Morgan fingerprint density at radius 3 is 2.71 bits per heavy atom. The zero-order chi connectivity index (χ0) is 15.6. The number of hydrogen-bond acceptors (Lipinski definition) is 6. The summed E-state index contributed by atoms with van der Waals surface area (Å²) >= 11 is 0. The number of carbonyl (C=O) groups excluding carboxylic acids is 1. The van der Waals surface area contributed by atoms with E-state index >= 15 is 0 Å². The number of amides is 1. The molecule has 8 heteroatoms. The molecule has 1 aromatic rings. The van der Waals surface area contributed by atoms with Gasteiger partial charge in [-0.25, -0.2) is 8.42 Å². The summed E-state index contributed by atoms with van der Waals surface area (Å²) in [5.41, 5.74) is 1.80. The van der Waals surface area contributed by atoms with Gasteiger partial charge in [-0.05, 0) is 27.3 Å². The van der Waals surface area contributed by atoms with Gasteiger partial charge in [0, 0.05) is 18.2 Å². The van der Waals surface area contributed by atoms with Gasteiger partial charge in [0.1, 0.15) is 5.76 Å². The van der Waals surface area contributed by atoms with Crippen LogP contribution >= 0.6 is 0 Å². The maximum absolute atomic E-state index is 11.9. The molecule has 2 rings (SSSR count). The number of aromatic nitrogens is 1. The fraction of sp³-hybridized carbons (Fsp3) is 0.692. The molecular formula is C13H21N3O4S. The molecule has 1 saturated heterocycles. The van der Waals surface area contributed by atoms with Crippen molar-refractivity contribution in [2.24, 2.45) is 0 Å². The number of rotatable bonds is 5. The lowest BCUT2D eigenvalue weighted by Crippen LogP contribution is -2.41. The van der Waals surface area contributed by atoms with Gasteiger partial charge in [-0.2, -0.15) is 0 Å². The van der Waals surface area contributed by atoms with Crippen LogP contribution in [-0.2, 0) is 21.2 Å². The van der Waals surface area contributed by atoms with Gasteiger partial charge in [0.25, 0.3) is 0 Å². The van der Waals surface area contributed by atoms with Gasteiger partial charge in [-0.1, -0.05) is 5.16 Å². The Morgan fingerprint density at radius 1 is 1.48 bits per heavy atom. The smallest absolute Gasteiger partial charge is 0.234 e. The first-order valence-electron chi connectivity index (χ1n) is 6.87. The average Bonchev–Trinajstić information content (AvgIpc) is 2.85. The van der Waals surface area contributed by atoms with Crippen LogP contribution in [0.2, 0.25) is 0 Å². The topological polar surface area (TPSA) is 92.5 Å². The Kier molecular flexibility index (Phi) is 4.67. The SMILES string of the molecule is Cc1noc(C)c1CN(C)CC(=O)NC1CCS(=O)(=O)C1. The van der Waals surface area contributed by atoms with E-state index in [0.29, 0.717) is 13.0 Å². The molecular weight excluding hydrogens is 294 g/mol. The molecule has 0 saturated carbocycles. The van der Waals surface area contributed by atoms with Crippen LogP contribution in [0.5, 0.6) is 0 Å². The molecule has 1 atom stereocenters. The molecule has 1 aromatic heterocycles. The molecule has 0 spiro atoms. The van der Waals surface area contributed by atoms with Crippen LogP contribution in [0.4, 0.5) is 0 Å². The third-order valence-electron chi connectivity index (χ3n) is 3.62. The van der Waals surface area contributed by atoms with E-state index in [-0.39, 0.29) is 30.0 Å². The molecule has 0 bridgehead atoms. The largest absolute Gasteiger partial charge is 0.361 e. The van der Waals surface area contributed by atoms with Crippen LogP contribution in [0.15, 0.2) is 4.52 Å². The van der Waals surface area contributed by atoms with Crippen molar-refractivity contribution in [1.82, 2.24) is 15.4 Å². The number of hydrogen-bond donors (Lipinski definition) is 1. The maximum Gasteiger partial charge on any atom is 0.234 e. The number of aryl methyl sites for hydroxylation is 2. The van der Waals surface area contributed by atoms with Crippen LogP contribution in [0.3, 0.4) is 0 Å². The average molecular weight is 315 g/mol. The van der Waals surface area contributed by atoms with E-state index in [1.165, 1.54) is 0 Å². The lowest BCUT2D eigenvalue weighted by molar-refractivity contribution is -0.122. The van der Waals surface area contributed by atoms with E-state index < -0.39 is 9.84 Å². The van der Waals surface area contributed by atoms with Crippen molar-refractivity contribution in [2.45, 2.75) is 32.9 Å². The summed E-state index contributed by atoms with van der Waals surface area (Å²) in [7, 11) is -1.14. The Hall–Kier alpha value is -1.41. The summed E-state index contributed by atoms with van der Waals surface area (Å²) in [4.78, 5) is 13.8. The molecule has 7 nitrogen and oxygen atoms in total. The lowest BCUT2D eigenvalue weighted by Gasteiger charge is -2.18. The number of nitrogens with one attached hydrogen (secondary N) is 1. The standard InChI is InChI=1S/C13H21N3O4S/c1-9-12(10(2)20-15-9)6-16(3)7-13(17)14-11-4-5-21(18,19)8-11/h11H,4-8H2,1-3H3,(H,14,17). The van der Waals surface area contributed by atoms with E-state index in [4.69, 9.17) is 4.52 Å². The highest BCUT2D eigenvalue weighted by molar-refractivity contribution is 7.91. The first kappa shape index (κ1) is 16.0. The molecule has 0 radical (unpaired) electrons. The Balaban J connectivity index is 1.83. The summed E-state index contributed by atoms with van der Waals surface area (Å²) in [5.74, 6) is 0.798. The van der Waals surface area contributed by atoms with Crippen LogP contribution in [0.25, 0.3) is 0 Å². The van der Waals surface area contributed by atoms with Crippen molar-refractivity contribution in [1.29, 1.82) is 0 Å². The summed E-state index contributed by atoms with van der Waals surface area (Å²) in [6.45, 7) is 4.48. The third-order valence-corrected chi connectivity index (χ3v) is 5.39. The van der Waals surface area contributed by atoms with E-state index in [9.17, 15) is 13.2 Å². The number of sulfone groups is 1. The first-order valence-corrected chi connectivity index (χ1v) is 8.69. The zero-order valence-corrected chi connectivity index (χ0v) is 13.4. The van der Waals surface area contributed by atoms with Crippen molar-refractivity contribution in [3.63, 3.8) is 0 Å². The van der Waals surface area contributed by atoms with Gasteiger partial charge < -0.3 is 9.84 Å². The lowest BCUT2D eigenvalue weighted by atomic mass is 10.2. The minimum atomic E-state index is -2.97. The van der Waals surface area contributed by atoms with Gasteiger partial charge in [0.15, 0.2) is 9.84 Å². The molecule has 1 fully saturated rings. The Labute approximate surface area is 124 Å². The van der Waals surface area contributed by atoms with Crippen molar-refractivity contribution >= 4 is 15.7 Å². The highest BCUT2D eigenvalue weighted by atomic mass is 32.2. The van der Waals surface area contributed by atoms with Gasteiger partial charge in [0.2, 0.25) is 5.91 Å². The van der Waals surface area contributed by atoms with Gasteiger partial charge >= 0.3 is 0 Å². The summed E-state index contributed by atoms with van der Waals surface area (Å²) in [6, 6.07) is -0.255. The van der Waals surface area contributed by atoms with E-state index in [0.717, 1.165) is 17.0 Å².